The fourth-order valence-electron chi connectivity index (χ4n) is 5.28. The summed E-state index contributed by atoms with van der Waals surface area (Å²) < 4.78 is 5.69. The van der Waals surface area contributed by atoms with Gasteiger partial charge in [-0.15, -0.1) is 12.4 Å². The molecule has 0 aromatic heterocycles. The van der Waals surface area contributed by atoms with E-state index in [2.05, 4.69) is 46.7 Å². The number of piperidine rings is 1. The number of halogens is 1. The van der Waals surface area contributed by atoms with Crippen LogP contribution >= 0.6 is 12.4 Å². The van der Waals surface area contributed by atoms with Crippen LogP contribution in [0.1, 0.15) is 50.2 Å². The molecule has 0 bridgehead atoms. The number of benzene rings is 1. The molecule has 2 N–H and O–H groups in total. The van der Waals surface area contributed by atoms with Crippen molar-refractivity contribution >= 4 is 12.4 Å². The van der Waals surface area contributed by atoms with Gasteiger partial charge in [0.2, 0.25) is 0 Å². The van der Waals surface area contributed by atoms with E-state index in [1.54, 1.807) is 0 Å². The fraction of sp³-hybridized carbons (Fsp3) is 0.739. The van der Waals surface area contributed by atoms with Gasteiger partial charge in [-0.2, -0.15) is 0 Å². The maximum Gasteiger partial charge on any atom is 0.0623 e. The SMILES string of the molecule is CC1CCCN(Cc2ccc(CNC3CCCC3C3COCCN3)cc2)C1.Cl. The Labute approximate surface area is 177 Å². The molecule has 2 saturated heterocycles. The first-order chi connectivity index (χ1) is 13.3. The minimum Gasteiger partial charge on any atom is -0.379 e. The topological polar surface area (TPSA) is 36.5 Å². The molecule has 1 saturated carbocycles. The van der Waals surface area contributed by atoms with Crippen molar-refractivity contribution in [2.75, 3.05) is 32.8 Å². The molecule has 0 spiro atoms. The van der Waals surface area contributed by atoms with Crippen LogP contribution in [-0.2, 0) is 17.8 Å². The molecule has 4 rings (SSSR count). The van der Waals surface area contributed by atoms with Gasteiger partial charge in [0.25, 0.3) is 0 Å². The quantitative estimate of drug-likeness (QED) is 0.755. The van der Waals surface area contributed by atoms with Crippen molar-refractivity contribution in [3.8, 4) is 0 Å². The van der Waals surface area contributed by atoms with Crippen molar-refractivity contribution in [3.05, 3.63) is 35.4 Å². The standard InChI is InChI=1S/C23H37N3O.ClH/c1-18-4-3-12-26(15-18)16-20-9-7-19(8-10-20)14-25-22-6-2-5-21(22)23-17-27-13-11-24-23;/h7-10,18,21-25H,2-6,11-17H2,1H3;1H. The summed E-state index contributed by atoms with van der Waals surface area (Å²) in [5.41, 5.74) is 2.86. The first-order valence-electron chi connectivity index (χ1n) is 11.1. The highest BCUT2D eigenvalue weighted by atomic mass is 35.5. The largest absolute Gasteiger partial charge is 0.379 e. The van der Waals surface area contributed by atoms with Crippen LogP contribution < -0.4 is 10.6 Å². The summed E-state index contributed by atoms with van der Waals surface area (Å²) in [4.78, 5) is 2.61. The van der Waals surface area contributed by atoms with Crippen LogP contribution in [0, 0.1) is 11.8 Å². The smallest absolute Gasteiger partial charge is 0.0623 e. The summed E-state index contributed by atoms with van der Waals surface area (Å²) in [6.07, 6.45) is 6.71. The van der Waals surface area contributed by atoms with Gasteiger partial charge in [0.1, 0.15) is 0 Å². The van der Waals surface area contributed by atoms with Gasteiger partial charge in [-0.3, -0.25) is 4.90 Å². The molecule has 1 aliphatic carbocycles. The van der Waals surface area contributed by atoms with Crippen molar-refractivity contribution in [2.24, 2.45) is 11.8 Å². The normalized spacial score (nSPS) is 31.5. The molecule has 5 heteroatoms. The monoisotopic (exact) mass is 407 g/mol. The zero-order valence-electron chi connectivity index (χ0n) is 17.4. The summed E-state index contributed by atoms with van der Waals surface area (Å²) >= 11 is 0. The number of rotatable bonds is 6. The van der Waals surface area contributed by atoms with Gasteiger partial charge < -0.3 is 15.4 Å². The average Bonchev–Trinajstić information content (AvgIpc) is 3.17. The molecule has 1 aromatic carbocycles. The van der Waals surface area contributed by atoms with Crippen molar-refractivity contribution in [2.45, 2.75) is 64.2 Å². The number of morpholine rings is 1. The van der Waals surface area contributed by atoms with E-state index < -0.39 is 0 Å². The molecule has 0 radical (unpaired) electrons. The molecular weight excluding hydrogens is 370 g/mol. The molecular formula is C23H38ClN3O. The summed E-state index contributed by atoms with van der Waals surface area (Å²) in [6, 6.07) is 10.5. The van der Waals surface area contributed by atoms with Crippen LogP contribution in [0.5, 0.6) is 0 Å². The molecule has 4 atom stereocenters. The van der Waals surface area contributed by atoms with Gasteiger partial charge in [0.15, 0.2) is 0 Å². The molecule has 4 unspecified atom stereocenters. The molecule has 2 heterocycles. The maximum absolute atomic E-state index is 5.69. The molecule has 0 amide bonds. The van der Waals surface area contributed by atoms with Crippen LogP contribution in [0.2, 0.25) is 0 Å². The van der Waals surface area contributed by atoms with E-state index >= 15 is 0 Å². The predicted octanol–water partition coefficient (Wildman–Crippen LogP) is 3.59. The second-order valence-electron chi connectivity index (χ2n) is 9.02. The Bertz CT molecular complexity index is 576. The third kappa shape index (κ3) is 5.93. The molecule has 28 heavy (non-hydrogen) atoms. The van der Waals surface area contributed by atoms with Gasteiger partial charge in [0, 0.05) is 38.3 Å². The number of hydrogen-bond donors (Lipinski definition) is 2. The minimum atomic E-state index is 0. The van der Waals surface area contributed by atoms with E-state index in [4.69, 9.17) is 4.74 Å². The lowest BCUT2D eigenvalue weighted by atomic mass is 9.94. The van der Waals surface area contributed by atoms with Gasteiger partial charge in [-0.25, -0.2) is 0 Å². The van der Waals surface area contributed by atoms with Crippen LogP contribution in [0.4, 0.5) is 0 Å². The Morgan fingerprint density at radius 1 is 1.11 bits per heavy atom. The first kappa shape index (κ1) is 22.0. The zero-order valence-corrected chi connectivity index (χ0v) is 18.2. The Hall–Kier alpha value is -0.650. The highest BCUT2D eigenvalue weighted by molar-refractivity contribution is 5.85. The van der Waals surface area contributed by atoms with Crippen LogP contribution in [0.3, 0.4) is 0 Å². The lowest BCUT2D eigenvalue weighted by molar-refractivity contribution is 0.0524. The second-order valence-corrected chi connectivity index (χ2v) is 9.02. The maximum atomic E-state index is 5.69. The molecule has 4 nitrogen and oxygen atoms in total. The van der Waals surface area contributed by atoms with E-state index in [9.17, 15) is 0 Å². The Morgan fingerprint density at radius 2 is 1.93 bits per heavy atom. The van der Waals surface area contributed by atoms with Gasteiger partial charge >= 0.3 is 0 Å². The van der Waals surface area contributed by atoms with Gasteiger partial charge in [-0.1, -0.05) is 37.6 Å². The Balaban J connectivity index is 0.00000225. The van der Waals surface area contributed by atoms with E-state index in [-0.39, 0.29) is 12.4 Å². The average molecular weight is 408 g/mol. The number of ether oxygens (including phenoxy) is 1. The van der Waals surface area contributed by atoms with Crippen LogP contribution in [-0.4, -0.2) is 49.8 Å². The lowest BCUT2D eigenvalue weighted by Gasteiger charge is -2.33. The first-order valence-corrected chi connectivity index (χ1v) is 11.1. The Kier molecular flexibility index (Phi) is 8.61. The van der Waals surface area contributed by atoms with E-state index in [0.717, 1.165) is 38.8 Å². The van der Waals surface area contributed by atoms with E-state index in [0.29, 0.717) is 18.0 Å². The molecule has 3 aliphatic rings. The third-order valence-electron chi connectivity index (χ3n) is 6.78. The van der Waals surface area contributed by atoms with Crippen molar-refractivity contribution in [1.29, 1.82) is 0 Å². The number of nitrogens with zero attached hydrogens (tertiary/aromatic N) is 1. The molecule has 158 valence electrons. The summed E-state index contributed by atoms with van der Waals surface area (Å²) in [7, 11) is 0. The molecule has 1 aromatic rings. The fourth-order valence-corrected chi connectivity index (χ4v) is 5.28. The summed E-state index contributed by atoms with van der Waals surface area (Å²) in [6.45, 7) is 9.74. The van der Waals surface area contributed by atoms with Crippen molar-refractivity contribution in [3.63, 3.8) is 0 Å². The second kappa shape index (κ2) is 10.9. The van der Waals surface area contributed by atoms with E-state index in [1.807, 2.05) is 0 Å². The number of hydrogen-bond acceptors (Lipinski definition) is 4. The van der Waals surface area contributed by atoms with Crippen LogP contribution in [0.25, 0.3) is 0 Å². The summed E-state index contributed by atoms with van der Waals surface area (Å²) in [5, 5.41) is 7.51. The number of nitrogens with one attached hydrogen (secondary N) is 2. The van der Waals surface area contributed by atoms with Crippen molar-refractivity contribution in [1.82, 2.24) is 15.5 Å². The highest BCUT2D eigenvalue weighted by Crippen LogP contribution is 2.29. The zero-order chi connectivity index (χ0) is 18.5. The number of likely N-dealkylation sites (tertiary alicyclic amines) is 1. The van der Waals surface area contributed by atoms with Gasteiger partial charge in [-0.05, 0) is 55.2 Å². The molecule has 3 fully saturated rings. The predicted molar refractivity (Wildman–Crippen MR) is 118 cm³/mol. The minimum absolute atomic E-state index is 0. The van der Waals surface area contributed by atoms with E-state index in [1.165, 1.54) is 56.3 Å². The van der Waals surface area contributed by atoms with Crippen LogP contribution in [0.15, 0.2) is 24.3 Å². The third-order valence-corrected chi connectivity index (χ3v) is 6.78. The highest BCUT2D eigenvalue weighted by Gasteiger charge is 2.34. The Morgan fingerprint density at radius 3 is 2.68 bits per heavy atom. The van der Waals surface area contributed by atoms with Crippen molar-refractivity contribution < 1.29 is 4.74 Å². The lowest BCUT2D eigenvalue weighted by Crippen LogP contribution is -2.50. The van der Waals surface area contributed by atoms with Gasteiger partial charge in [0.05, 0.1) is 13.2 Å². The molecule has 2 aliphatic heterocycles. The summed E-state index contributed by atoms with van der Waals surface area (Å²) in [5.74, 6) is 1.57.